The van der Waals surface area contributed by atoms with Crippen LogP contribution in [-0.2, 0) is 0 Å². The first-order valence-corrected chi connectivity index (χ1v) is 7.23. The highest BCUT2D eigenvalue weighted by molar-refractivity contribution is 9.10. The second-order valence-electron chi connectivity index (χ2n) is 4.43. The molecule has 0 bridgehead atoms. The molecular formula is C14H12BrClN2O3. The van der Waals surface area contributed by atoms with Crippen molar-refractivity contribution in [3.05, 3.63) is 61.6 Å². The van der Waals surface area contributed by atoms with E-state index in [1.165, 1.54) is 18.2 Å². The predicted octanol–water partition coefficient (Wildman–Crippen LogP) is 4.82. The minimum absolute atomic E-state index is 0.0124. The van der Waals surface area contributed by atoms with Crippen molar-refractivity contribution >= 4 is 33.2 Å². The number of nitro benzene ring substituents is 1. The number of para-hydroxylation sites is 1. The fraction of sp³-hybridized carbons (Fsp3) is 0.143. The van der Waals surface area contributed by atoms with Crippen molar-refractivity contribution in [3.8, 4) is 11.5 Å². The van der Waals surface area contributed by atoms with Gasteiger partial charge in [0.05, 0.1) is 14.4 Å². The average molecular weight is 372 g/mol. The van der Waals surface area contributed by atoms with E-state index >= 15 is 0 Å². The van der Waals surface area contributed by atoms with Crippen LogP contribution >= 0.6 is 27.5 Å². The van der Waals surface area contributed by atoms with Crippen LogP contribution in [0.5, 0.6) is 11.5 Å². The Kier molecular flexibility index (Phi) is 4.82. The summed E-state index contributed by atoms with van der Waals surface area (Å²) in [4.78, 5) is 10.5. The molecule has 0 amide bonds. The molecule has 2 rings (SSSR count). The summed E-state index contributed by atoms with van der Waals surface area (Å²) in [5.74, 6) is 0.439. The number of hydrogen-bond donors (Lipinski definition) is 1. The molecule has 0 aliphatic rings. The fourth-order valence-electron chi connectivity index (χ4n) is 1.74. The van der Waals surface area contributed by atoms with Gasteiger partial charge in [0.1, 0.15) is 5.75 Å². The minimum Gasteiger partial charge on any atom is -0.447 e. The number of nitrogens with two attached hydrogens (primary N) is 1. The minimum atomic E-state index is -0.536. The van der Waals surface area contributed by atoms with Crippen molar-refractivity contribution < 1.29 is 9.66 Å². The Morgan fingerprint density at radius 1 is 1.38 bits per heavy atom. The largest absolute Gasteiger partial charge is 0.447 e. The van der Waals surface area contributed by atoms with Gasteiger partial charge in [-0.1, -0.05) is 23.7 Å². The van der Waals surface area contributed by atoms with Gasteiger partial charge < -0.3 is 10.5 Å². The number of benzene rings is 2. The quantitative estimate of drug-likeness (QED) is 0.617. The van der Waals surface area contributed by atoms with Gasteiger partial charge in [-0.2, -0.15) is 0 Å². The van der Waals surface area contributed by atoms with Crippen LogP contribution in [0.4, 0.5) is 5.69 Å². The zero-order valence-corrected chi connectivity index (χ0v) is 13.4. The Bertz CT molecular complexity index is 692. The second-order valence-corrected chi connectivity index (χ2v) is 5.69. The van der Waals surface area contributed by atoms with Crippen LogP contribution < -0.4 is 10.5 Å². The standard InChI is InChI=1S/C14H12BrClN2O3/c1-8(17)9-5-6-13(10(15)7-9)21-14-11(16)3-2-4-12(14)18(19)20/h2-8H,17H2,1H3. The molecule has 2 aromatic rings. The van der Waals surface area contributed by atoms with E-state index in [-0.39, 0.29) is 22.5 Å². The monoisotopic (exact) mass is 370 g/mol. The van der Waals surface area contributed by atoms with Gasteiger partial charge in [0.25, 0.3) is 0 Å². The summed E-state index contributed by atoms with van der Waals surface area (Å²) in [5.41, 5.74) is 6.53. The van der Waals surface area contributed by atoms with Gasteiger partial charge in [-0.05, 0) is 46.6 Å². The number of hydrogen-bond acceptors (Lipinski definition) is 4. The lowest BCUT2D eigenvalue weighted by Crippen LogP contribution is -2.04. The summed E-state index contributed by atoms with van der Waals surface area (Å²) >= 11 is 9.36. The first kappa shape index (κ1) is 15.8. The summed E-state index contributed by atoms with van der Waals surface area (Å²) in [5, 5.41) is 11.2. The number of nitro groups is 1. The summed E-state index contributed by atoms with van der Waals surface area (Å²) in [7, 11) is 0. The second kappa shape index (κ2) is 6.43. The van der Waals surface area contributed by atoms with E-state index in [0.29, 0.717) is 10.2 Å². The Hall–Kier alpha value is -1.63. The van der Waals surface area contributed by atoms with Crippen molar-refractivity contribution in [1.29, 1.82) is 0 Å². The van der Waals surface area contributed by atoms with Crippen LogP contribution in [0.2, 0.25) is 5.02 Å². The SMILES string of the molecule is CC(N)c1ccc(Oc2c(Cl)cccc2[N+](=O)[O-])c(Br)c1. The summed E-state index contributed by atoms with van der Waals surface area (Å²) in [6, 6.07) is 9.55. The Morgan fingerprint density at radius 3 is 2.67 bits per heavy atom. The summed E-state index contributed by atoms with van der Waals surface area (Å²) < 4.78 is 6.25. The highest BCUT2D eigenvalue weighted by Gasteiger charge is 2.20. The van der Waals surface area contributed by atoms with E-state index in [1.807, 2.05) is 13.0 Å². The van der Waals surface area contributed by atoms with Crippen LogP contribution in [0.3, 0.4) is 0 Å². The predicted molar refractivity (Wildman–Crippen MR) is 84.9 cm³/mol. The van der Waals surface area contributed by atoms with Crippen molar-refractivity contribution in [2.75, 3.05) is 0 Å². The molecular weight excluding hydrogens is 360 g/mol. The summed E-state index contributed by atoms with van der Waals surface area (Å²) in [6.45, 7) is 1.86. The summed E-state index contributed by atoms with van der Waals surface area (Å²) in [6.07, 6.45) is 0. The van der Waals surface area contributed by atoms with Gasteiger partial charge in [-0.25, -0.2) is 0 Å². The zero-order valence-electron chi connectivity index (χ0n) is 11.0. The van der Waals surface area contributed by atoms with E-state index in [0.717, 1.165) is 5.56 Å². The molecule has 1 atom stereocenters. The van der Waals surface area contributed by atoms with Gasteiger partial charge in [-0.3, -0.25) is 10.1 Å². The maximum absolute atomic E-state index is 11.0. The maximum atomic E-state index is 11.0. The Labute approximate surface area is 134 Å². The van der Waals surface area contributed by atoms with Gasteiger partial charge in [0.15, 0.2) is 0 Å². The fourth-order valence-corrected chi connectivity index (χ4v) is 2.42. The first-order valence-electron chi connectivity index (χ1n) is 6.06. The Balaban J connectivity index is 2.41. The first-order chi connectivity index (χ1) is 9.90. The number of nitrogens with zero attached hydrogens (tertiary/aromatic N) is 1. The lowest BCUT2D eigenvalue weighted by molar-refractivity contribution is -0.385. The third kappa shape index (κ3) is 3.53. The van der Waals surface area contributed by atoms with Gasteiger partial charge >= 0.3 is 5.69 Å². The van der Waals surface area contributed by atoms with Crippen LogP contribution in [0.25, 0.3) is 0 Å². The Morgan fingerprint density at radius 2 is 2.10 bits per heavy atom. The van der Waals surface area contributed by atoms with Crippen LogP contribution in [-0.4, -0.2) is 4.92 Å². The molecule has 1 unspecified atom stereocenters. The third-order valence-electron chi connectivity index (χ3n) is 2.84. The van der Waals surface area contributed by atoms with E-state index in [4.69, 9.17) is 22.1 Å². The molecule has 110 valence electrons. The number of ether oxygens (including phenoxy) is 1. The molecule has 2 aromatic carbocycles. The van der Waals surface area contributed by atoms with Crippen LogP contribution in [0.15, 0.2) is 40.9 Å². The third-order valence-corrected chi connectivity index (χ3v) is 3.75. The van der Waals surface area contributed by atoms with E-state index in [9.17, 15) is 10.1 Å². The number of halogens is 2. The highest BCUT2D eigenvalue weighted by atomic mass is 79.9. The van der Waals surface area contributed by atoms with Crippen LogP contribution in [0.1, 0.15) is 18.5 Å². The molecule has 0 radical (unpaired) electrons. The molecule has 0 heterocycles. The van der Waals surface area contributed by atoms with E-state index < -0.39 is 4.92 Å². The van der Waals surface area contributed by atoms with Crippen molar-refractivity contribution in [3.63, 3.8) is 0 Å². The molecule has 0 saturated heterocycles. The molecule has 21 heavy (non-hydrogen) atoms. The molecule has 0 aliphatic heterocycles. The van der Waals surface area contributed by atoms with E-state index in [2.05, 4.69) is 15.9 Å². The van der Waals surface area contributed by atoms with Crippen molar-refractivity contribution in [2.45, 2.75) is 13.0 Å². The van der Waals surface area contributed by atoms with Gasteiger partial charge in [-0.15, -0.1) is 0 Å². The molecule has 7 heteroatoms. The van der Waals surface area contributed by atoms with Crippen LogP contribution in [0, 0.1) is 10.1 Å². The van der Waals surface area contributed by atoms with Gasteiger partial charge in [0.2, 0.25) is 5.75 Å². The highest BCUT2D eigenvalue weighted by Crippen LogP contribution is 2.40. The molecule has 0 saturated carbocycles. The molecule has 0 fully saturated rings. The zero-order chi connectivity index (χ0) is 15.6. The average Bonchev–Trinajstić information content (AvgIpc) is 2.42. The molecule has 0 aliphatic carbocycles. The molecule has 2 N–H and O–H groups in total. The molecule has 0 spiro atoms. The lowest BCUT2D eigenvalue weighted by atomic mass is 10.1. The molecule has 0 aromatic heterocycles. The van der Waals surface area contributed by atoms with Gasteiger partial charge in [0, 0.05) is 12.1 Å². The lowest BCUT2D eigenvalue weighted by Gasteiger charge is -2.12. The smallest absolute Gasteiger partial charge is 0.313 e. The maximum Gasteiger partial charge on any atom is 0.313 e. The van der Waals surface area contributed by atoms with Crippen molar-refractivity contribution in [1.82, 2.24) is 0 Å². The van der Waals surface area contributed by atoms with E-state index in [1.54, 1.807) is 12.1 Å². The number of rotatable bonds is 4. The van der Waals surface area contributed by atoms with Crippen molar-refractivity contribution in [2.24, 2.45) is 5.73 Å². The topological polar surface area (TPSA) is 78.4 Å². The normalized spacial score (nSPS) is 12.0. The molecule has 5 nitrogen and oxygen atoms in total.